The maximum Gasteiger partial charge on any atom is 0.318 e. The van der Waals surface area contributed by atoms with Crippen molar-refractivity contribution in [1.82, 2.24) is 10.6 Å². The lowest BCUT2D eigenvalue weighted by Crippen LogP contribution is -2.47. The van der Waals surface area contributed by atoms with Crippen LogP contribution in [0, 0.1) is 0 Å². The van der Waals surface area contributed by atoms with Gasteiger partial charge >= 0.3 is 6.03 Å². The topological polar surface area (TPSA) is 84.2 Å². The van der Waals surface area contributed by atoms with Crippen LogP contribution < -0.4 is 16.4 Å². The normalized spacial score (nSPS) is 19.0. The highest BCUT2D eigenvalue weighted by molar-refractivity contribution is 7.99. The molecule has 0 bridgehead atoms. The van der Waals surface area contributed by atoms with E-state index in [1.165, 1.54) is 4.90 Å². The van der Waals surface area contributed by atoms with Gasteiger partial charge in [-0.1, -0.05) is 11.6 Å². The summed E-state index contributed by atoms with van der Waals surface area (Å²) in [7, 11) is 0. The molecule has 2 rings (SSSR count). The van der Waals surface area contributed by atoms with Crippen LogP contribution in [0.2, 0.25) is 5.02 Å². The number of nitrogens with one attached hydrogen (secondary N) is 2. The van der Waals surface area contributed by atoms with E-state index in [9.17, 15) is 9.59 Å². The summed E-state index contributed by atoms with van der Waals surface area (Å²) in [6.07, 6.45) is 0.895. The largest absolute Gasteiger partial charge is 0.351 e. The van der Waals surface area contributed by atoms with Crippen LogP contribution in [0.4, 0.5) is 4.79 Å². The molecule has 1 aliphatic rings. The minimum atomic E-state index is -0.841. The van der Waals surface area contributed by atoms with Crippen molar-refractivity contribution in [3.05, 3.63) is 28.8 Å². The van der Waals surface area contributed by atoms with E-state index in [1.54, 1.807) is 18.7 Å². The van der Waals surface area contributed by atoms with E-state index >= 15 is 0 Å². The summed E-state index contributed by atoms with van der Waals surface area (Å²) in [5.41, 5.74) is 6.03. The Hall–Kier alpha value is -1.24. The molecule has 20 heavy (non-hydrogen) atoms. The van der Waals surface area contributed by atoms with Crippen LogP contribution in [-0.4, -0.2) is 23.7 Å². The molecular weight excluding hydrogens is 298 g/mol. The number of fused-ring (bicyclic) bond motifs is 1. The number of amides is 3. The summed E-state index contributed by atoms with van der Waals surface area (Å²) in [6.45, 7) is 1.70. The van der Waals surface area contributed by atoms with Crippen molar-refractivity contribution < 1.29 is 9.59 Å². The zero-order valence-corrected chi connectivity index (χ0v) is 12.6. The molecular formula is C13H16ClN3O2S. The van der Waals surface area contributed by atoms with Crippen LogP contribution in [-0.2, 0) is 4.79 Å². The van der Waals surface area contributed by atoms with Gasteiger partial charge in [0.05, 0.1) is 6.04 Å². The Morgan fingerprint density at radius 3 is 2.95 bits per heavy atom. The number of imide groups is 1. The van der Waals surface area contributed by atoms with Crippen molar-refractivity contribution in [2.75, 3.05) is 5.75 Å². The molecule has 4 N–H and O–H groups in total. The van der Waals surface area contributed by atoms with Gasteiger partial charge in [0.1, 0.15) is 0 Å². The molecule has 5 nitrogen and oxygen atoms in total. The van der Waals surface area contributed by atoms with Crippen molar-refractivity contribution in [2.24, 2.45) is 5.73 Å². The van der Waals surface area contributed by atoms with Gasteiger partial charge in [-0.2, -0.15) is 0 Å². The zero-order valence-electron chi connectivity index (χ0n) is 11.0. The summed E-state index contributed by atoms with van der Waals surface area (Å²) in [5.74, 6) is 0.538. The number of nitrogens with two attached hydrogens (primary N) is 1. The van der Waals surface area contributed by atoms with Gasteiger partial charge < -0.3 is 5.73 Å². The Morgan fingerprint density at radius 2 is 2.25 bits per heavy atom. The maximum atomic E-state index is 11.7. The monoisotopic (exact) mass is 313 g/mol. The number of primary amides is 1. The SMILES string of the molecule is C[C@@H](N[C@@H]1CCSc2ccc(Cl)cc21)C(=O)NC(N)=O. The standard InChI is InChI=1S/C13H16ClN3O2S/c1-7(12(18)17-13(15)19)16-10-4-5-20-11-3-2-8(14)6-9(10)11/h2-3,6-7,10,16H,4-5H2,1H3,(H3,15,17,18,19)/t7-,10-/m1/s1. The number of thioether (sulfide) groups is 1. The van der Waals surface area contributed by atoms with Gasteiger partial charge in [0.2, 0.25) is 5.91 Å². The van der Waals surface area contributed by atoms with Gasteiger partial charge in [0.25, 0.3) is 0 Å². The second kappa shape index (κ2) is 6.47. The Labute approximate surface area is 126 Å². The maximum absolute atomic E-state index is 11.7. The second-order valence-corrected chi connectivity index (χ2v) is 6.19. The Kier molecular flexibility index (Phi) is 4.91. The van der Waals surface area contributed by atoms with Gasteiger partial charge in [0.15, 0.2) is 0 Å². The summed E-state index contributed by atoms with van der Waals surface area (Å²) in [5, 5.41) is 5.96. The van der Waals surface area contributed by atoms with Crippen LogP contribution in [0.25, 0.3) is 0 Å². The van der Waals surface area contributed by atoms with E-state index in [-0.39, 0.29) is 6.04 Å². The molecule has 2 atom stereocenters. The molecule has 0 saturated carbocycles. The molecule has 0 saturated heterocycles. The first-order chi connectivity index (χ1) is 9.47. The molecule has 0 aromatic heterocycles. The number of rotatable bonds is 3. The first-order valence-corrected chi connectivity index (χ1v) is 7.62. The quantitative estimate of drug-likeness (QED) is 0.797. The first-order valence-electron chi connectivity index (χ1n) is 6.26. The number of urea groups is 1. The summed E-state index contributed by atoms with van der Waals surface area (Å²) in [4.78, 5) is 23.6. The third-order valence-electron chi connectivity index (χ3n) is 3.10. The predicted molar refractivity (Wildman–Crippen MR) is 79.9 cm³/mol. The molecule has 7 heteroatoms. The highest BCUT2D eigenvalue weighted by Crippen LogP contribution is 2.37. The van der Waals surface area contributed by atoms with E-state index in [4.69, 9.17) is 17.3 Å². The molecule has 0 radical (unpaired) electrons. The fourth-order valence-corrected chi connectivity index (χ4v) is 3.43. The molecule has 1 aliphatic heterocycles. The number of carbonyl (C=O) groups excluding carboxylic acids is 2. The Morgan fingerprint density at radius 1 is 1.50 bits per heavy atom. The molecule has 1 aromatic rings. The number of carbonyl (C=O) groups is 2. The second-order valence-electron chi connectivity index (χ2n) is 4.61. The van der Waals surface area contributed by atoms with Crippen molar-refractivity contribution in [1.29, 1.82) is 0 Å². The lowest BCUT2D eigenvalue weighted by atomic mass is 10.0. The molecule has 0 spiro atoms. The number of hydrogen-bond acceptors (Lipinski definition) is 4. The minimum absolute atomic E-state index is 0.0403. The third-order valence-corrected chi connectivity index (χ3v) is 4.46. The van der Waals surface area contributed by atoms with E-state index in [1.807, 2.05) is 18.2 Å². The van der Waals surface area contributed by atoms with Crippen LogP contribution in [0.5, 0.6) is 0 Å². The minimum Gasteiger partial charge on any atom is -0.351 e. The average Bonchev–Trinajstić information content (AvgIpc) is 2.38. The summed E-state index contributed by atoms with van der Waals surface area (Å²) < 4.78 is 0. The highest BCUT2D eigenvalue weighted by atomic mass is 35.5. The van der Waals surface area contributed by atoms with Crippen LogP contribution >= 0.6 is 23.4 Å². The van der Waals surface area contributed by atoms with Crippen molar-refractivity contribution in [3.63, 3.8) is 0 Å². The molecule has 0 unspecified atom stereocenters. The van der Waals surface area contributed by atoms with Crippen molar-refractivity contribution >= 4 is 35.3 Å². The fourth-order valence-electron chi connectivity index (χ4n) is 2.15. The van der Waals surface area contributed by atoms with Crippen molar-refractivity contribution in [3.8, 4) is 0 Å². The molecule has 0 aliphatic carbocycles. The van der Waals surface area contributed by atoms with Gasteiger partial charge in [-0.25, -0.2) is 4.79 Å². The zero-order chi connectivity index (χ0) is 14.7. The number of hydrogen-bond donors (Lipinski definition) is 3. The lowest BCUT2D eigenvalue weighted by Gasteiger charge is -2.28. The highest BCUT2D eigenvalue weighted by Gasteiger charge is 2.25. The Balaban J connectivity index is 2.10. The van der Waals surface area contributed by atoms with Gasteiger partial charge in [-0.3, -0.25) is 15.4 Å². The van der Waals surface area contributed by atoms with E-state index in [0.717, 1.165) is 17.7 Å². The third kappa shape index (κ3) is 3.65. The molecule has 108 valence electrons. The van der Waals surface area contributed by atoms with Gasteiger partial charge in [-0.05, 0) is 42.9 Å². The number of benzene rings is 1. The summed E-state index contributed by atoms with van der Waals surface area (Å²) >= 11 is 7.81. The predicted octanol–water partition coefficient (Wildman–Crippen LogP) is 2.05. The van der Waals surface area contributed by atoms with Crippen LogP contribution in [0.1, 0.15) is 24.9 Å². The van der Waals surface area contributed by atoms with Gasteiger partial charge in [0, 0.05) is 16.0 Å². The smallest absolute Gasteiger partial charge is 0.318 e. The lowest BCUT2D eigenvalue weighted by molar-refractivity contribution is -0.121. The van der Waals surface area contributed by atoms with E-state index in [2.05, 4.69) is 10.6 Å². The summed E-state index contributed by atoms with van der Waals surface area (Å²) in [6, 6.07) is 4.45. The Bertz CT molecular complexity index is 538. The molecule has 0 fully saturated rings. The van der Waals surface area contributed by atoms with E-state index in [0.29, 0.717) is 5.02 Å². The average molecular weight is 314 g/mol. The fraction of sp³-hybridized carbons (Fsp3) is 0.385. The number of halogens is 1. The molecule has 3 amide bonds. The van der Waals surface area contributed by atoms with Crippen LogP contribution in [0.3, 0.4) is 0 Å². The molecule has 1 aromatic carbocycles. The van der Waals surface area contributed by atoms with Gasteiger partial charge in [-0.15, -0.1) is 11.8 Å². The van der Waals surface area contributed by atoms with Crippen LogP contribution in [0.15, 0.2) is 23.1 Å². The molecule has 1 heterocycles. The van der Waals surface area contributed by atoms with Crippen molar-refractivity contribution in [2.45, 2.75) is 30.3 Å². The van der Waals surface area contributed by atoms with E-state index < -0.39 is 18.0 Å². The first kappa shape index (κ1) is 15.2.